The van der Waals surface area contributed by atoms with Crippen molar-refractivity contribution >= 4 is 5.91 Å². The van der Waals surface area contributed by atoms with E-state index in [0.717, 1.165) is 57.0 Å². The minimum absolute atomic E-state index is 0.194. The van der Waals surface area contributed by atoms with Crippen LogP contribution in [-0.4, -0.2) is 60.1 Å². The van der Waals surface area contributed by atoms with Gasteiger partial charge in [-0.3, -0.25) is 14.7 Å². The number of amides is 1. The van der Waals surface area contributed by atoms with E-state index in [2.05, 4.69) is 22.0 Å². The Balaban J connectivity index is 1.43. The minimum Gasteiger partial charge on any atom is -0.378 e. The molecule has 2 atom stereocenters. The standard InChI is InChI=1S/C20H29N3O2/c1-16-4-2-5-17(21-16)14-22-9-8-20(15-22)7-3-6-18(20)19(24)23-10-12-25-13-11-23/h2,4-5,18H,3,6-15H2,1H3/t18-,20+/m1/s1. The minimum atomic E-state index is 0.194. The smallest absolute Gasteiger partial charge is 0.226 e. The Hall–Kier alpha value is -1.46. The quantitative estimate of drug-likeness (QED) is 0.844. The summed E-state index contributed by atoms with van der Waals surface area (Å²) >= 11 is 0. The molecule has 2 aliphatic heterocycles. The predicted octanol–water partition coefficient (Wildman–Crippen LogP) is 2.24. The summed E-state index contributed by atoms with van der Waals surface area (Å²) in [6.45, 7) is 7.99. The lowest BCUT2D eigenvalue weighted by atomic mass is 9.76. The summed E-state index contributed by atoms with van der Waals surface area (Å²) in [6, 6.07) is 6.25. The number of rotatable bonds is 3. The molecule has 3 aliphatic rings. The maximum Gasteiger partial charge on any atom is 0.226 e. The lowest BCUT2D eigenvalue weighted by Gasteiger charge is -2.36. The number of ether oxygens (including phenoxy) is 1. The Bertz CT molecular complexity index is 629. The van der Waals surface area contributed by atoms with E-state index in [-0.39, 0.29) is 11.3 Å². The van der Waals surface area contributed by atoms with Crippen LogP contribution in [0, 0.1) is 18.3 Å². The summed E-state index contributed by atoms with van der Waals surface area (Å²) in [7, 11) is 0. The fraction of sp³-hybridized carbons (Fsp3) is 0.700. The predicted molar refractivity (Wildman–Crippen MR) is 96.0 cm³/mol. The first kappa shape index (κ1) is 17.0. The summed E-state index contributed by atoms with van der Waals surface area (Å²) in [6.07, 6.45) is 4.61. The molecule has 1 aromatic rings. The van der Waals surface area contributed by atoms with Crippen molar-refractivity contribution in [1.82, 2.24) is 14.8 Å². The van der Waals surface area contributed by atoms with Crippen LogP contribution in [0.15, 0.2) is 18.2 Å². The van der Waals surface area contributed by atoms with E-state index in [1.54, 1.807) is 0 Å². The van der Waals surface area contributed by atoms with Crippen LogP contribution in [0.2, 0.25) is 0 Å². The highest BCUT2D eigenvalue weighted by atomic mass is 16.5. The number of carbonyl (C=O) groups is 1. The van der Waals surface area contributed by atoms with E-state index >= 15 is 0 Å². The molecule has 4 rings (SSSR count). The summed E-state index contributed by atoms with van der Waals surface area (Å²) in [5.74, 6) is 0.595. The molecule has 136 valence electrons. The second kappa shape index (κ2) is 7.04. The summed E-state index contributed by atoms with van der Waals surface area (Å²) in [5, 5.41) is 0. The number of likely N-dealkylation sites (tertiary alicyclic amines) is 1. The number of aryl methyl sites for hydroxylation is 1. The van der Waals surface area contributed by atoms with Gasteiger partial charge in [-0.1, -0.05) is 12.5 Å². The molecule has 0 bridgehead atoms. The van der Waals surface area contributed by atoms with Crippen molar-refractivity contribution in [3.05, 3.63) is 29.6 Å². The maximum absolute atomic E-state index is 13.1. The largest absolute Gasteiger partial charge is 0.378 e. The van der Waals surface area contributed by atoms with Gasteiger partial charge in [0.15, 0.2) is 0 Å². The molecular formula is C20H29N3O2. The Labute approximate surface area is 150 Å². The van der Waals surface area contributed by atoms with Crippen LogP contribution >= 0.6 is 0 Å². The molecule has 5 nitrogen and oxygen atoms in total. The third-order valence-electron chi connectivity index (χ3n) is 6.32. The van der Waals surface area contributed by atoms with E-state index in [0.29, 0.717) is 19.1 Å². The molecule has 3 heterocycles. The monoisotopic (exact) mass is 343 g/mol. The molecule has 2 saturated heterocycles. The number of carbonyl (C=O) groups excluding carboxylic acids is 1. The maximum atomic E-state index is 13.1. The average molecular weight is 343 g/mol. The number of pyridine rings is 1. The topological polar surface area (TPSA) is 45.7 Å². The Morgan fingerprint density at radius 3 is 2.92 bits per heavy atom. The van der Waals surface area contributed by atoms with E-state index in [4.69, 9.17) is 4.74 Å². The van der Waals surface area contributed by atoms with Crippen molar-refractivity contribution in [3.8, 4) is 0 Å². The molecule has 0 aromatic carbocycles. The van der Waals surface area contributed by atoms with Crippen molar-refractivity contribution in [2.75, 3.05) is 39.4 Å². The molecule has 1 aliphatic carbocycles. The van der Waals surface area contributed by atoms with Gasteiger partial charge in [0, 0.05) is 37.8 Å². The molecule has 1 spiro atoms. The summed E-state index contributed by atoms with van der Waals surface area (Å²) < 4.78 is 5.41. The Morgan fingerprint density at radius 1 is 1.28 bits per heavy atom. The third-order valence-corrected chi connectivity index (χ3v) is 6.32. The third kappa shape index (κ3) is 3.44. The summed E-state index contributed by atoms with van der Waals surface area (Å²) in [5.41, 5.74) is 2.41. The molecule has 5 heteroatoms. The Kier molecular flexibility index (Phi) is 4.78. The van der Waals surface area contributed by atoms with Crippen LogP contribution in [0.25, 0.3) is 0 Å². The molecule has 0 unspecified atom stereocenters. The highest BCUT2D eigenvalue weighted by molar-refractivity contribution is 5.80. The first-order valence-electron chi connectivity index (χ1n) is 9.68. The van der Waals surface area contributed by atoms with Gasteiger partial charge in [0.2, 0.25) is 5.91 Å². The van der Waals surface area contributed by atoms with Gasteiger partial charge in [0.05, 0.1) is 18.9 Å². The van der Waals surface area contributed by atoms with Gasteiger partial charge in [0.25, 0.3) is 0 Å². The average Bonchev–Trinajstić information content (AvgIpc) is 3.22. The normalized spacial score (nSPS) is 30.3. The molecule has 3 fully saturated rings. The zero-order chi connectivity index (χ0) is 17.3. The molecule has 1 amide bonds. The van der Waals surface area contributed by atoms with Crippen LogP contribution in [0.5, 0.6) is 0 Å². The van der Waals surface area contributed by atoms with Crippen LogP contribution in [0.3, 0.4) is 0 Å². The van der Waals surface area contributed by atoms with Gasteiger partial charge in [-0.25, -0.2) is 0 Å². The SMILES string of the molecule is Cc1cccc(CN2CC[C@@]3(CCC[C@@H]3C(=O)N3CCOCC3)C2)n1. The van der Waals surface area contributed by atoms with E-state index in [9.17, 15) is 4.79 Å². The molecular weight excluding hydrogens is 314 g/mol. The number of morpholine rings is 1. The van der Waals surface area contributed by atoms with Gasteiger partial charge in [-0.2, -0.15) is 0 Å². The lowest BCUT2D eigenvalue weighted by Crippen LogP contribution is -2.47. The zero-order valence-electron chi connectivity index (χ0n) is 15.2. The van der Waals surface area contributed by atoms with Crippen molar-refractivity contribution in [1.29, 1.82) is 0 Å². The molecule has 25 heavy (non-hydrogen) atoms. The number of hydrogen-bond donors (Lipinski definition) is 0. The van der Waals surface area contributed by atoms with Crippen molar-refractivity contribution in [2.24, 2.45) is 11.3 Å². The number of nitrogens with zero attached hydrogens (tertiary/aromatic N) is 3. The molecule has 0 radical (unpaired) electrons. The second-order valence-electron chi connectivity index (χ2n) is 7.98. The first-order valence-corrected chi connectivity index (χ1v) is 9.68. The van der Waals surface area contributed by atoms with Crippen LogP contribution in [-0.2, 0) is 16.1 Å². The fourth-order valence-electron chi connectivity index (χ4n) is 5.05. The number of hydrogen-bond acceptors (Lipinski definition) is 4. The van der Waals surface area contributed by atoms with Gasteiger partial charge in [-0.05, 0) is 50.3 Å². The van der Waals surface area contributed by atoms with Crippen molar-refractivity contribution in [3.63, 3.8) is 0 Å². The first-order chi connectivity index (χ1) is 12.2. The van der Waals surface area contributed by atoms with E-state index in [1.807, 2.05) is 17.9 Å². The zero-order valence-corrected chi connectivity index (χ0v) is 15.2. The summed E-state index contributed by atoms with van der Waals surface area (Å²) in [4.78, 5) is 22.3. The van der Waals surface area contributed by atoms with Crippen molar-refractivity contribution in [2.45, 2.75) is 39.2 Å². The molecule has 1 saturated carbocycles. The molecule has 1 aromatic heterocycles. The highest BCUT2D eigenvalue weighted by Crippen LogP contribution is 2.50. The van der Waals surface area contributed by atoms with Gasteiger partial charge in [0.1, 0.15) is 0 Å². The van der Waals surface area contributed by atoms with E-state index in [1.165, 1.54) is 12.8 Å². The fourth-order valence-corrected chi connectivity index (χ4v) is 5.05. The van der Waals surface area contributed by atoms with Crippen LogP contribution in [0.1, 0.15) is 37.1 Å². The number of aromatic nitrogens is 1. The van der Waals surface area contributed by atoms with Gasteiger partial charge in [-0.15, -0.1) is 0 Å². The van der Waals surface area contributed by atoms with E-state index < -0.39 is 0 Å². The highest BCUT2D eigenvalue weighted by Gasteiger charge is 2.51. The van der Waals surface area contributed by atoms with Crippen LogP contribution < -0.4 is 0 Å². The molecule has 0 N–H and O–H groups in total. The van der Waals surface area contributed by atoms with Crippen LogP contribution in [0.4, 0.5) is 0 Å². The lowest BCUT2D eigenvalue weighted by molar-refractivity contribution is -0.143. The Morgan fingerprint density at radius 2 is 2.12 bits per heavy atom. The van der Waals surface area contributed by atoms with Crippen molar-refractivity contribution < 1.29 is 9.53 Å². The van der Waals surface area contributed by atoms with Gasteiger partial charge < -0.3 is 9.64 Å². The van der Waals surface area contributed by atoms with Gasteiger partial charge >= 0.3 is 0 Å². The second-order valence-corrected chi connectivity index (χ2v) is 7.98.